The van der Waals surface area contributed by atoms with Gasteiger partial charge in [-0.2, -0.15) is 0 Å². The molecule has 90 valence electrons. The van der Waals surface area contributed by atoms with Crippen molar-refractivity contribution in [1.82, 2.24) is 5.32 Å². The molecule has 1 atom stereocenters. The molecule has 1 rings (SSSR count). The maximum atomic E-state index is 3.97. The minimum Gasteiger partial charge on any atom is -0.314 e. The molecule has 0 aliphatic rings. The largest absolute Gasteiger partial charge is 0.314 e. The molecule has 0 aliphatic carbocycles. The first-order valence-corrected chi connectivity index (χ1v) is 7.17. The number of thiophene rings is 1. The molecule has 0 amide bonds. The summed E-state index contributed by atoms with van der Waals surface area (Å²) in [5, 5.41) is 3.49. The highest BCUT2D eigenvalue weighted by atomic mass is 79.9. The summed E-state index contributed by atoms with van der Waals surface area (Å²) in [5.74, 6) is 0. The Bertz CT molecular complexity index is 345. The minimum atomic E-state index is 0.133. The number of hydrogen-bond donors (Lipinski definition) is 1. The molecule has 0 saturated heterocycles. The molecule has 1 aromatic heterocycles. The number of rotatable bonds is 6. The van der Waals surface area contributed by atoms with Crippen molar-refractivity contribution in [3.8, 4) is 0 Å². The molecule has 0 fully saturated rings. The van der Waals surface area contributed by atoms with Crippen LogP contribution in [0.3, 0.4) is 0 Å². The Balaban J connectivity index is 2.62. The SMILES string of the molecule is C=CC(C)(CNC(C)C)Cc1ccc(Br)s1. The molecular formula is C13H20BrNS. The third kappa shape index (κ3) is 4.40. The first-order chi connectivity index (χ1) is 7.45. The van der Waals surface area contributed by atoms with Gasteiger partial charge in [-0.3, -0.25) is 0 Å². The summed E-state index contributed by atoms with van der Waals surface area (Å²) in [4.78, 5) is 1.40. The van der Waals surface area contributed by atoms with Crippen LogP contribution in [-0.4, -0.2) is 12.6 Å². The standard InChI is InChI=1S/C13H20BrNS/c1-5-13(4,9-15-10(2)3)8-11-6-7-12(14)16-11/h5-7,10,15H,1,8-9H2,2-4H3. The van der Waals surface area contributed by atoms with Crippen LogP contribution >= 0.6 is 27.3 Å². The van der Waals surface area contributed by atoms with Crippen molar-refractivity contribution in [2.75, 3.05) is 6.54 Å². The van der Waals surface area contributed by atoms with E-state index in [1.54, 1.807) is 11.3 Å². The molecule has 0 bridgehead atoms. The third-order valence-corrected chi connectivity index (χ3v) is 4.24. The van der Waals surface area contributed by atoms with Crippen molar-refractivity contribution >= 4 is 27.3 Å². The van der Waals surface area contributed by atoms with Crippen LogP contribution in [0.15, 0.2) is 28.6 Å². The van der Waals surface area contributed by atoms with E-state index in [1.165, 1.54) is 8.66 Å². The third-order valence-electron chi connectivity index (χ3n) is 2.61. The smallest absolute Gasteiger partial charge is 0.0701 e. The normalized spacial score (nSPS) is 15.1. The second kappa shape index (κ2) is 5.99. The van der Waals surface area contributed by atoms with E-state index >= 15 is 0 Å². The van der Waals surface area contributed by atoms with Gasteiger partial charge in [0.25, 0.3) is 0 Å². The molecule has 1 unspecified atom stereocenters. The molecule has 1 aromatic rings. The van der Waals surface area contributed by atoms with Crippen molar-refractivity contribution < 1.29 is 0 Å². The summed E-state index contributed by atoms with van der Waals surface area (Å²) in [6.07, 6.45) is 3.11. The van der Waals surface area contributed by atoms with Gasteiger partial charge in [0.1, 0.15) is 0 Å². The van der Waals surface area contributed by atoms with Crippen LogP contribution in [0.1, 0.15) is 25.6 Å². The fourth-order valence-electron chi connectivity index (χ4n) is 1.49. The number of nitrogens with one attached hydrogen (secondary N) is 1. The number of hydrogen-bond acceptors (Lipinski definition) is 2. The van der Waals surface area contributed by atoms with Gasteiger partial charge in [-0.05, 0) is 34.5 Å². The van der Waals surface area contributed by atoms with Crippen LogP contribution in [-0.2, 0) is 6.42 Å². The predicted molar refractivity (Wildman–Crippen MR) is 77.2 cm³/mol. The molecule has 1 nitrogen and oxygen atoms in total. The molecule has 0 aliphatic heterocycles. The Hall–Kier alpha value is -0.120. The highest BCUT2D eigenvalue weighted by molar-refractivity contribution is 9.11. The van der Waals surface area contributed by atoms with Crippen LogP contribution < -0.4 is 5.32 Å². The summed E-state index contributed by atoms with van der Waals surface area (Å²) in [5.41, 5.74) is 0.133. The van der Waals surface area contributed by atoms with Gasteiger partial charge in [-0.1, -0.05) is 26.8 Å². The molecule has 0 spiro atoms. The minimum absolute atomic E-state index is 0.133. The van der Waals surface area contributed by atoms with Crippen LogP contribution in [0.4, 0.5) is 0 Å². The summed E-state index contributed by atoms with van der Waals surface area (Å²) in [6, 6.07) is 4.82. The highest BCUT2D eigenvalue weighted by Crippen LogP contribution is 2.29. The van der Waals surface area contributed by atoms with Crippen LogP contribution in [0.2, 0.25) is 0 Å². The Morgan fingerprint density at radius 2 is 2.25 bits per heavy atom. The first-order valence-electron chi connectivity index (χ1n) is 5.56. The van der Waals surface area contributed by atoms with Crippen molar-refractivity contribution in [3.05, 3.63) is 33.5 Å². The van der Waals surface area contributed by atoms with Gasteiger partial charge in [0.2, 0.25) is 0 Å². The van der Waals surface area contributed by atoms with Gasteiger partial charge in [0, 0.05) is 22.9 Å². The predicted octanol–water partition coefficient (Wildman–Crippen LogP) is 4.24. The lowest BCUT2D eigenvalue weighted by Gasteiger charge is -2.26. The molecule has 3 heteroatoms. The molecule has 0 aromatic carbocycles. The van der Waals surface area contributed by atoms with E-state index in [9.17, 15) is 0 Å². The van der Waals surface area contributed by atoms with E-state index in [-0.39, 0.29) is 5.41 Å². The average Bonchev–Trinajstić information content (AvgIpc) is 2.61. The van der Waals surface area contributed by atoms with E-state index in [0.717, 1.165) is 13.0 Å². The maximum Gasteiger partial charge on any atom is 0.0701 e. The Kier molecular flexibility index (Phi) is 5.22. The van der Waals surface area contributed by atoms with Crippen molar-refractivity contribution in [1.29, 1.82) is 0 Å². The lowest BCUT2D eigenvalue weighted by atomic mass is 9.86. The molecule has 0 radical (unpaired) electrons. The van der Waals surface area contributed by atoms with Gasteiger partial charge in [0.15, 0.2) is 0 Å². The fraction of sp³-hybridized carbons (Fsp3) is 0.538. The fourth-order valence-corrected chi connectivity index (χ4v) is 3.17. The maximum absolute atomic E-state index is 3.97. The van der Waals surface area contributed by atoms with Gasteiger partial charge in [-0.15, -0.1) is 17.9 Å². The van der Waals surface area contributed by atoms with E-state index < -0.39 is 0 Å². The molecular weight excluding hydrogens is 282 g/mol. The number of halogens is 1. The van der Waals surface area contributed by atoms with Gasteiger partial charge in [-0.25, -0.2) is 0 Å². The lowest BCUT2D eigenvalue weighted by Crippen LogP contribution is -2.35. The second-order valence-electron chi connectivity index (χ2n) is 4.78. The second-order valence-corrected chi connectivity index (χ2v) is 7.32. The lowest BCUT2D eigenvalue weighted by molar-refractivity contribution is 0.376. The zero-order chi connectivity index (χ0) is 12.2. The molecule has 0 saturated carbocycles. The summed E-state index contributed by atoms with van der Waals surface area (Å²) in [7, 11) is 0. The average molecular weight is 302 g/mol. The molecule has 16 heavy (non-hydrogen) atoms. The van der Waals surface area contributed by atoms with Crippen LogP contribution in [0.5, 0.6) is 0 Å². The quantitative estimate of drug-likeness (QED) is 0.775. The van der Waals surface area contributed by atoms with Crippen molar-refractivity contribution in [2.45, 2.75) is 33.2 Å². The zero-order valence-corrected chi connectivity index (χ0v) is 12.6. The monoisotopic (exact) mass is 301 g/mol. The van der Waals surface area contributed by atoms with Crippen molar-refractivity contribution in [3.63, 3.8) is 0 Å². The topological polar surface area (TPSA) is 12.0 Å². The van der Waals surface area contributed by atoms with Crippen LogP contribution in [0, 0.1) is 5.41 Å². The van der Waals surface area contributed by atoms with E-state index in [4.69, 9.17) is 0 Å². The van der Waals surface area contributed by atoms with E-state index in [2.05, 4.69) is 66.8 Å². The summed E-state index contributed by atoms with van der Waals surface area (Å²) < 4.78 is 1.20. The zero-order valence-electron chi connectivity index (χ0n) is 10.2. The van der Waals surface area contributed by atoms with E-state index in [0.29, 0.717) is 6.04 Å². The van der Waals surface area contributed by atoms with E-state index in [1.807, 2.05) is 0 Å². The summed E-state index contributed by atoms with van der Waals surface area (Å²) >= 11 is 5.31. The first kappa shape index (κ1) is 13.9. The Morgan fingerprint density at radius 1 is 1.56 bits per heavy atom. The molecule has 1 heterocycles. The Labute approximate surface area is 111 Å². The van der Waals surface area contributed by atoms with Crippen molar-refractivity contribution in [2.24, 2.45) is 5.41 Å². The highest BCUT2D eigenvalue weighted by Gasteiger charge is 2.21. The van der Waals surface area contributed by atoms with Gasteiger partial charge >= 0.3 is 0 Å². The Morgan fingerprint density at radius 3 is 2.69 bits per heavy atom. The molecule has 1 N–H and O–H groups in total. The van der Waals surface area contributed by atoms with Gasteiger partial charge < -0.3 is 5.32 Å². The van der Waals surface area contributed by atoms with Gasteiger partial charge in [0.05, 0.1) is 3.79 Å². The summed E-state index contributed by atoms with van der Waals surface area (Å²) in [6.45, 7) is 11.5. The van der Waals surface area contributed by atoms with Crippen LogP contribution in [0.25, 0.3) is 0 Å².